The molecule has 2 aromatic carbocycles. The molecule has 0 fully saturated rings. The first-order chi connectivity index (χ1) is 14.8. The van der Waals surface area contributed by atoms with Crippen molar-refractivity contribution >= 4 is 34.7 Å². The summed E-state index contributed by atoms with van der Waals surface area (Å²) in [4.78, 5) is 22.7. The van der Waals surface area contributed by atoms with Gasteiger partial charge in [0.2, 0.25) is 5.91 Å². The highest BCUT2D eigenvalue weighted by Crippen LogP contribution is 2.23. The first-order valence-electron chi connectivity index (χ1n) is 9.62. The molecule has 9 nitrogen and oxygen atoms in total. The number of para-hydroxylation sites is 1. The third-order valence-electron chi connectivity index (χ3n) is 4.86. The van der Waals surface area contributed by atoms with Gasteiger partial charge < -0.3 is 15.2 Å². The second-order valence-corrected chi connectivity index (χ2v) is 8.11. The molecule has 2 N–H and O–H groups in total. The summed E-state index contributed by atoms with van der Waals surface area (Å²) in [6.45, 7) is 6.34. The van der Waals surface area contributed by atoms with Crippen LogP contribution in [0.1, 0.15) is 22.5 Å². The molecule has 3 rings (SSSR count). The van der Waals surface area contributed by atoms with Crippen LogP contribution in [0.4, 0.5) is 17.1 Å². The standard InChI is InChI=1S/C21H24N6O3S/c1-13-6-5-7-14(2)20(13)22-11-18-24-25-21(26(18)4)31-12-19(28)23-17-9-8-16(27(29)30)10-15(17)3/h5-10,22H,11-12H2,1-4H3,(H,23,28). The van der Waals surface area contributed by atoms with E-state index in [9.17, 15) is 14.9 Å². The van der Waals surface area contributed by atoms with E-state index < -0.39 is 4.92 Å². The second-order valence-electron chi connectivity index (χ2n) is 7.17. The van der Waals surface area contributed by atoms with Gasteiger partial charge in [-0.15, -0.1) is 10.2 Å². The Hall–Kier alpha value is -3.40. The normalized spacial score (nSPS) is 10.7. The van der Waals surface area contributed by atoms with E-state index in [0.717, 1.165) is 22.6 Å². The lowest BCUT2D eigenvalue weighted by Crippen LogP contribution is -2.15. The number of nitrogens with zero attached hydrogens (tertiary/aromatic N) is 4. The van der Waals surface area contributed by atoms with Gasteiger partial charge in [0.1, 0.15) is 0 Å². The Morgan fingerprint density at radius 3 is 2.48 bits per heavy atom. The third kappa shape index (κ3) is 5.40. The van der Waals surface area contributed by atoms with Crippen LogP contribution >= 0.6 is 11.8 Å². The zero-order valence-electron chi connectivity index (χ0n) is 17.8. The van der Waals surface area contributed by atoms with Crippen molar-refractivity contribution in [2.24, 2.45) is 7.05 Å². The number of anilines is 2. The molecule has 0 aliphatic carbocycles. The molecule has 0 aliphatic rings. The maximum absolute atomic E-state index is 12.3. The van der Waals surface area contributed by atoms with E-state index >= 15 is 0 Å². The Balaban J connectivity index is 1.57. The van der Waals surface area contributed by atoms with Gasteiger partial charge in [0.25, 0.3) is 5.69 Å². The summed E-state index contributed by atoms with van der Waals surface area (Å²) in [7, 11) is 1.86. The second kappa shape index (κ2) is 9.61. The van der Waals surface area contributed by atoms with Gasteiger partial charge in [0, 0.05) is 30.6 Å². The van der Waals surface area contributed by atoms with Crippen LogP contribution in [-0.2, 0) is 18.4 Å². The molecule has 0 unspecified atom stereocenters. The molecule has 0 saturated carbocycles. The van der Waals surface area contributed by atoms with Crippen LogP contribution in [0.25, 0.3) is 0 Å². The highest BCUT2D eigenvalue weighted by atomic mass is 32.2. The van der Waals surface area contributed by atoms with E-state index in [1.54, 1.807) is 6.92 Å². The summed E-state index contributed by atoms with van der Waals surface area (Å²) in [6.07, 6.45) is 0. The minimum atomic E-state index is -0.463. The monoisotopic (exact) mass is 440 g/mol. The van der Waals surface area contributed by atoms with Crippen LogP contribution in [0, 0.1) is 30.9 Å². The fourth-order valence-electron chi connectivity index (χ4n) is 3.10. The quantitative estimate of drug-likeness (QED) is 0.309. The molecular formula is C21H24N6O3S. The molecule has 31 heavy (non-hydrogen) atoms. The van der Waals surface area contributed by atoms with Crippen LogP contribution in [0.15, 0.2) is 41.6 Å². The van der Waals surface area contributed by atoms with Gasteiger partial charge >= 0.3 is 0 Å². The average molecular weight is 441 g/mol. The number of benzene rings is 2. The highest BCUT2D eigenvalue weighted by molar-refractivity contribution is 7.99. The molecule has 0 aliphatic heterocycles. The molecule has 0 spiro atoms. The Kier molecular flexibility index (Phi) is 6.91. The summed E-state index contributed by atoms with van der Waals surface area (Å²) in [5.74, 6) is 0.684. The van der Waals surface area contributed by atoms with E-state index in [-0.39, 0.29) is 17.3 Å². The Morgan fingerprint density at radius 2 is 1.84 bits per heavy atom. The largest absolute Gasteiger partial charge is 0.377 e. The van der Waals surface area contributed by atoms with Crippen molar-refractivity contribution in [2.45, 2.75) is 32.5 Å². The predicted octanol–water partition coefficient (Wildman–Crippen LogP) is 3.99. The maximum Gasteiger partial charge on any atom is 0.269 e. The molecular weight excluding hydrogens is 416 g/mol. The van der Waals surface area contributed by atoms with Gasteiger partial charge in [-0.05, 0) is 43.5 Å². The predicted molar refractivity (Wildman–Crippen MR) is 121 cm³/mol. The minimum absolute atomic E-state index is 0.00834. The van der Waals surface area contributed by atoms with Crippen molar-refractivity contribution in [1.29, 1.82) is 0 Å². The number of aryl methyl sites for hydroxylation is 3. The Morgan fingerprint density at radius 1 is 1.13 bits per heavy atom. The highest BCUT2D eigenvalue weighted by Gasteiger charge is 2.14. The summed E-state index contributed by atoms with van der Waals surface area (Å²) < 4.78 is 1.86. The van der Waals surface area contributed by atoms with Crippen molar-refractivity contribution in [1.82, 2.24) is 14.8 Å². The van der Waals surface area contributed by atoms with Crippen molar-refractivity contribution in [3.05, 3.63) is 69.0 Å². The van der Waals surface area contributed by atoms with Crippen molar-refractivity contribution in [3.63, 3.8) is 0 Å². The zero-order valence-corrected chi connectivity index (χ0v) is 18.6. The number of amides is 1. The molecule has 1 aromatic heterocycles. The van der Waals surface area contributed by atoms with Gasteiger partial charge in [-0.3, -0.25) is 14.9 Å². The SMILES string of the molecule is Cc1cc([N+](=O)[O-])ccc1NC(=O)CSc1nnc(CNc2c(C)cccc2C)n1C. The molecule has 1 heterocycles. The van der Waals surface area contributed by atoms with Crippen LogP contribution in [0.2, 0.25) is 0 Å². The van der Waals surface area contributed by atoms with E-state index in [1.807, 2.05) is 17.7 Å². The van der Waals surface area contributed by atoms with Crippen LogP contribution in [0.5, 0.6) is 0 Å². The molecule has 0 atom stereocenters. The first kappa shape index (κ1) is 22.3. The number of hydrogen-bond donors (Lipinski definition) is 2. The topological polar surface area (TPSA) is 115 Å². The number of nitro groups is 1. The minimum Gasteiger partial charge on any atom is -0.377 e. The van der Waals surface area contributed by atoms with Crippen LogP contribution < -0.4 is 10.6 Å². The number of aromatic nitrogens is 3. The number of rotatable bonds is 8. The molecule has 0 bridgehead atoms. The van der Waals surface area contributed by atoms with E-state index in [2.05, 4.69) is 46.8 Å². The number of carbonyl (C=O) groups is 1. The Labute approximate surface area is 184 Å². The fourth-order valence-corrected chi connectivity index (χ4v) is 3.83. The van der Waals surface area contributed by atoms with Gasteiger partial charge in [-0.2, -0.15) is 0 Å². The van der Waals surface area contributed by atoms with Crippen LogP contribution in [-0.4, -0.2) is 31.3 Å². The molecule has 0 radical (unpaired) electrons. The number of non-ortho nitro benzene ring substituents is 1. The lowest BCUT2D eigenvalue weighted by atomic mass is 10.1. The van der Waals surface area contributed by atoms with Crippen molar-refractivity contribution in [2.75, 3.05) is 16.4 Å². The number of nitro benzene ring substituents is 1. The average Bonchev–Trinajstić information content (AvgIpc) is 3.07. The molecule has 1 amide bonds. The molecule has 10 heteroatoms. The number of thioether (sulfide) groups is 1. The number of nitrogens with one attached hydrogen (secondary N) is 2. The number of carbonyl (C=O) groups excluding carboxylic acids is 1. The van der Waals surface area contributed by atoms with Crippen molar-refractivity contribution in [3.8, 4) is 0 Å². The Bertz CT molecular complexity index is 1110. The summed E-state index contributed by atoms with van der Waals surface area (Å²) >= 11 is 1.28. The summed E-state index contributed by atoms with van der Waals surface area (Å²) in [6, 6.07) is 10.5. The summed E-state index contributed by atoms with van der Waals surface area (Å²) in [5.41, 5.74) is 4.58. The van der Waals surface area contributed by atoms with Gasteiger partial charge in [-0.25, -0.2) is 0 Å². The maximum atomic E-state index is 12.3. The van der Waals surface area contributed by atoms with Gasteiger partial charge in [0.05, 0.1) is 17.2 Å². The lowest BCUT2D eigenvalue weighted by Gasteiger charge is -2.12. The van der Waals surface area contributed by atoms with Gasteiger partial charge in [-0.1, -0.05) is 30.0 Å². The van der Waals surface area contributed by atoms with E-state index in [4.69, 9.17) is 0 Å². The van der Waals surface area contributed by atoms with Gasteiger partial charge in [0.15, 0.2) is 11.0 Å². The third-order valence-corrected chi connectivity index (χ3v) is 5.88. The number of hydrogen-bond acceptors (Lipinski definition) is 7. The molecule has 162 valence electrons. The molecule has 0 saturated heterocycles. The van der Waals surface area contributed by atoms with Crippen molar-refractivity contribution < 1.29 is 9.72 Å². The summed E-state index contributed by atoms with van der Waals surface area (Å²) in [5, 5.41) is 26.1. The smallest absolute Gasteiger partial charge is 0.269 e. The van der Waals surface area contributed by atoms with Crippen LogP contribution in [0.3, 0.4) is 0 Å². The first-order valence-corrected chi connectivity index (χ1v) is 10.6. The fraction of sp³-hybridized carbons (Fsp3) is 0.286. The van der Waals surface area contributed by atoms with E-state index in [0.29, 0.717) is 23.0 Å². The molecule has 3 aromatic rings. The van der Waals surface area contributed by atoms with E-state index in [1.165, 1.54) is 30.0 Å². The lowest BCUT2D eigenvalue weighted by molar-refractivity contribution is -0.384. The zero-order chi connectivity index (χ0) is 22.5.